The quantitative estimate of drug-likeness (QED) is 0.670. The van der Waals surface area contributed by atoms with Crippen molar-refractivity contribution < 1.29 is 5.11 Å². The lowest BCUT2D eigenvalue weighted by molar-refractivity contribution is 0.0857. The predicted octanol–water partition coefficient (Wildman–Crippen LogP) is 3.52. The highest BCUT2D eigenvalue weighted by atomic mass is 16.3. The minimum absolute atomic E-state index is 0.546. The summed E-state index contributed by atoms with van der Waals surface area (Å²) >= 11 is 0. The van der Waals surface area contributed by atoms with Crippen molar-refractivity contribution in [3.05, 3.63) is 35.4 Å². The van der Waals surface area contributed by atoms with E-state index in [-0.39, 0.29) is 0 Å². The van der Waals surface area contributed by atoms with E-state index < -0.39 is 6.10 Å². The molecule has 0 heterocycles. The SMILES string of the molecule is CCCc1ccc(C([O])CC)cc1. The van der Waals surface area contributed by atoms with E-state index in [0.29, 0.717) is 6.42 Å². The zero-order valence-electron chi connectivity index (χ0n) is 8.42. The van der Waals surface area contributed by atoms with Gasteiger partial charge in [0.1, 0.15) is 6.10 Å². The van der Waals surface area contributed by atoms with E-state index >= 15 is 0 Å². The topological polar surface area (TPSA) is 19.9 Å². The van der Waals surface area contributed by atoms with E-state index in [0.717, 1.165) is 18.4 Å². The maximum absolute atomic E-state index is 11.4. The van der Waals surface area contributed by atoms with E-state index in [9.17, 15) is 5.11 Å². The Morgan fingerprint density at radius 1 is 1.15 bits per heavy atom. The zero-order valence-corrected chi connectivity index (χ0v) is 8.42. The van der Waals surface area contributed by atoms with E-state index in [2.05, 4.69) is 19.1 Å². The Balaban J connectivity index is 2.69. The van der Waals surface area contributed by atoms with Crippen LogP contribution in [0.15, 0.2) is 24.3 Å². The molecule has 0 aliphatic rings. The van der Waals surface area contributed by atoms with Crippen molar-refractivity contribution in [2.45, 2.75) is 39.2 Å². The standard InChI is InChI=1S/C12H17O/c1-3-5-10-6-8-11(9-7-10)12(13)4-2/h6-9,12H,3-5H2,1-2H3. The van der Waals surface area contributed by atoms with Gasteiger partial charge in [-0.25, -0.2) is 5.11 Å². The van der Waals surface area contributed by atoms with Crippen LogP contribution in [0.1, 0.15) is 43.9 Å². The molecule has 0 N–H and O–H groups in total. The molecule has 1 aromatic rings. The van der Waals surface area contributed by atoms with Gasteiger partial charge in [0.05, 0.1) is 0 Å². The van der Waals surface area contributed by atoms with Gasteiger partial charge >= 0.3 is 0 Å². The first-order valence-electron chi connectivity index (χ1n) is 5.02. The average molecular weight is 177 g/mol. The Kier molecular flexibility index (Phi) is 3.97. The van der Waals surface area contributed by atoms with Gasteiger partial charge in [0, 0.05) is 0 Å². The Labute approximate surface area is 80.4 Å². The minimum atomic E-state index is -0.546. The average Bonchev–Trinajstić information content (AvgIpc) is 2.18. The van der Waals surface area contributed by atoms with Crippen LogP contribution in [0, 0.1) is 0 Å². The van der Waals surface area contributed by atoms with Gasteiger partial charge < -0.3 is 0 Å². The Morgan fingerprint density at radius 3 is 2.23 bits per heavy atom. The van der Waals surface area contributed by atoms with Crippen LogP contribution in [-0.4, -0.2) is 0 Å². The monoisotopic (exact) mass is 177 g/mol. The van der Waals surface area contributed by atoms with Crippen molar-refractivity contribution in [2.24, 2.45) is 0 Å². The molecule has 1 heteroatoms. The van der Waals surface area contributed by atoms with Crippen LogP contribution in [0.4, 0.5) is 0 Å². The lowest BCUT2D eigenvalue weighted by Gasteiger charge is -2.06. The molecule has 0 aromatic heterocycles. The molecule has 0 amide bonds. The first-order chi connectivity index (χ1) is 6.27. The molecule has 0 aliphatic heterocycles. The summed E-state index contributed by atoms with van der Waals surface area (Å²) in [4.78, 5) is 0. The molecule has 1 radical (unpaired) electrons. The third-order valence-electron chi connectivity index (χ3n) is 2.26. The number of hydrogen-bond donors (Lipinski definition) is 0. The van der Waals surface area contributed by atoms with Gasteiger partial charge in [0.25, 0.3) is 0 Å². The maximum Gasteiger partial charge on any atom is 0.118 e. The third kappa shape index (κ3) is 2.85. The van der Waals surface area contributed by atoms with Crippen LogP contribution in [0.3, 0.4) is 0 Å². The molecule has 1 unspecified atom stereocenters. The fourth-order valence-corrected chi connectivity index (χ4v) is 1.42. The number of aryl methyl sites for hydroxylation is 1. The number of benzene rings is 1. The third-order valence-corrected chi connectivity index (χ3v) is 2.26. The Morgan fingerprint density at radius 2 is 1.77 bits per heavy atom. The normalized spacial score (nSPS) is 12.8. The van der Waals surface area contributed by atoms with Gasteiger partial charge in [-0.05, 0) is 24.0 Å². The molecule has 0 saturated heterocycles. The van der Waals surface area contributed by atoms with Crippen molar-refractivity contribution in [1.29, 1.82) is 0 Å². The summed E-state index contributed by atoms with van der Waals surface area (Å²) in [5, 5.41) is 11.4. The molecule has 13 heavy (non-hydrogen) atoms. The van der Waals surface area contributed by atoms with Crippen LogP contribution >= 0.6 is 0 Å². The molecule has 71 valence electrons. The number of hydrogen-bond acceptors (Lipinski definition) is 0. The van der Waals surface area contributed by atoms with Crippen LogP contribution in [0.5, 0.6) is 0 Å². The molecule has 1 aromatic carbocycles. The van der Waals surface area contributed by atoms with Crippen molar-refractivity contribution in [3.63, 3.8) is 0 Å². The summed E-state index contributed by atoms with van der Waals surface area (Å²) in [5.74, 6) is 0. The molecule has 1 nitrogen and oxygen atoms in total. The van der Waals surface area contributed by atoms with Crippen LogP contribution < -0.4 is 0 Å². The molecular formula is C12H17O. The van der Waals surface area contributed by atoms with Gasteiger partial charge in [0.2, 0.25) is 0 Å². The number of rotatable bonds is 4. The van der Waals surface area contributed by atoms with Crippen molar-refractivity contribution >= 4 is 0 Å². The summed E-state index contributed by atoms with van der Waals surface area (Å²) in [6, 6.07) is 8.07. The van der Waals surface area contributed by atoms with E-state index in [4.69, 9.17) is 0 Å². The fourth-order valence-electron chi connectivity index (χ4n) is 1.42. The van der Waals surface area contributed by atoms with Crippen LogP contribution in [0.2, 0.25) is 0 Å². The Bertz CT molecular complexity index is 238. The summed E-state index contributed by atoms with van der Waals surface area (Å²) in [7, 11) is 0. The molecule has 0 bridgehead atoms. The van der Waals surface area contributed by atoms with Crippen LogP contribution in [0.25, 0.3) is 0 Å². The molecule has 0 fully saturated rings. The van der Waals surface area contributed by atoms with Gasteiger partial charge in [-0.1, -0.05) is 44.5 Å². The largest absolute Gasteiger partial charge is 0.228 e. The van der Waals surface area contributed by atoms with Crippen molar-refractivity contribution in [3.8, 4) is 0 Å². The van der Waals surface area contributed by atoms with E-state index in [1.807, 2.05) is 19.1 Å². The van der Waals surface area contributed by atoms with E-state index in [1.54, 1.807) is 0 Å². The molecule has 1 atom stereocenters. The molecule has 0 aliphatic carbocycles. The summed E-state index contributed by atoms with van der Waals surface area (Å²) in [6.45, 7) is 4.09. The van der Waals surface area contributed by atoms with Gasteiger partial charge in [-0.2, -0.15) is 0 Å². The molecule has 0 spiro atoms. The van der Waals surface area contributed by atoms with Gasteiger partial charge in [-0.15, -0.1) is 0 Å². The van der Waals surface area contributed by atoms with Crippen LogP contribution in [-0.2, 0) is 11.5 Å². The summed E-state index contributed by atoms with van der Waals surface area (Å²) in [6.07, 6.45) is 2.40. The highest BCUT2D eigenvalue weighted by Crippen LogP contribution is 2.17. The van der Waals surface area contributed by atoms with E-state index in [1.165, 1.54) is 5.56 Å². The first-order valence-corrected chi connectivity index (χ1v) is 5.02. The lowest BCUT2D eigenvalue weighted by atomic mass is 10.0. The summed E-state index contributed by atoms with van der Waals surface area (Å²) in [5.41, 5.74) is 2.25. The maximum atomic E-state index is 11.4. The molecule has 1 rings (SSSR count). The first kappa shape index (κ1) is 10.3. The van der Waals surface area contributed by atoms with Gasteiger partial charge in [0.15, 0.2) is 0 Å². The second kappa shape index (κ2) is 5.03. The predicted molar refractivity (Wildman–Crippen MR) is 54.2 cm³/mol. The highest BCUT2D eigenvalue weighted by molar-refractivity contribution is 5.24. The molecular weight excluding hydrogens is 160 g/mol. The van der Waals surface area contributed by atoms with Crippen molar-refractivity contribution in [2.75, 3.05) is 0 Å². The minimum Gasteiger partial charge on any atom is -0.228 e. The smallest absolute Gasteiger partial charge is 0.118 e. The molecule has 0 saturated carbocycles. The zero-order chi connectivity index (χ0) is 9.68. The fraction of sp³-hybridized carbons (Fsp3) is 0.500. The second-order valence-electron chi connectivity index (χ2n) is 3.39. The van der Waals surface area contributed by atoms with Gasteiger partial charge in [-0.3, -0.25) is 0 Å². The Hall–Kier alpha value is -0.820. The highest BCUT2D eigenvalue weighted by Gasteiger charge is 2.05. The summed E-state index contributed by atoms with van der Waals surface area (Å²) < 4.78 is 0. The second-order valence-corrected chi connectivity index (χ2v) is 3.39. The lowest BCUT2D eigenvalue weighted by Crippen LogP contribution is -1.93. The van der Waals surface area contributed by atoms with Crippen molar-refractivity contribution in [1.82, 2.24) is 0 Å².